The average molecular weight is 489 g/mol. The monoisotopic (exact) mass is 488 g/mol. The van der Waals surface area contributed by atoms with Crippen LogP contribution in [0.15, 0.2) is 47.4 Å². The van der Waals surface area contributed by atoms with E-state index in [4.69, 9.17) is 11.6 Å². The number of nitrogens with one attached hydrogen (secondary N) is 1. The van der Waals surface area contributed by atoms with Crippen molar-refractivity contribution in [3.8, 4) is 0 Å². The average Bonchev–Trinajstić information content (AvgIpc) is 3.13. The Hall–Kier alpha value is -2.42. The number of hydrogen-bond acceptors (Lipinski definition) is 4. The first-order chi connectivity index (χ1) is 15.8. The van der Waals surface area contributed by atoms with Crippen LogP contribution in [-0.2, 0) is 28.3 Å². The molecule has 2 aromatic carbocycles. The highest BCUT2D eigenvalue weighted by atomic mass is 35.5. The second-order valence-corrected chi connectivity index (χ2v) is 10.9. The minimum atomic E-state index is -3.52. The first-order valence-corrected chi connectivity index (χ1v) is 13.1. The number of aryl methyl sites for hydroxylation is 2. The molecule has 1 aliphatic heterocycles. The van der Waals surface area contributed by atoms with E-state index in [0.29, 0.717) is 30.0 Å². The first kappa shape index (κ1) is 23.7. The number of aromatic nitrogens is 2. The molecule has 33 heavy (non-hydrogen) atoms. The fourth-order valence-corrected chi connectivity index (χ4v) is 6.00. The number of carbonyl (C=O) groups excluding carboxylic acids is 1. The van der Waals surface area contributed by atoms with Gasteiger partial charge in [0.25, 0.3) is 0 Å². The third kappa shape index (κ3) is 5.23. The normalized spacial score (nSPS) is 16.1. The van der Waals surface area contributed by atoms with E-state index in [0.717, 1.165) is 36.2 Å². The molecule has 0 saturated carbocycles. The van der Waals surface area contributed by atoms with Gasteiger partial charge in [-0.25, -0.2) is 13.4 Å². The molecular weight excluding hydrogens is 460 g/mol. The standard InChI is InChI=1S/C24H29ClN4O3S/c1-17(18-7-6-8-19(25)15-18)26-24(30)12-11-23-27-21-16-20(9-10-22(21)28(23)2)33(31,32)29-13-4-3-5-14-29/h6-10,15-17H,3-5,11-14H2,1-2H3,(H,26,30). The topological polar surface area (TPSA) is 84.3 Å². The highest BCUT2D eigenvalue weighted by Gasteiger charge is 2.26. The molecule has 1 fully saturated rings. The molecule has 1 unspecified atom stereocenters. The van der Waals surface area contributed by atoms with Crippen molar-refractivity contribution in [1.82, 2.24) is 19.2 Å². The van der Waals surface area contributed by atoms with E-state index in [1.165, 1.54) is 0 Å². The van der Waals surface area contributed by atoms with E-state index >= 15 is 0 Å². The highest BCUT2D eigenvalue weighted by molar-refractivity contribution is 7.89. The predicted octanol–water partition coefficient (Wildman–Crippen LogP) is 4.21. The number of carbonyl (C=O) groups is 1. The summed E-state index contributed by atoms with van der Waals surface area (Å²) in [6.45, 7) is 3.05. The molecule has 9 heteroatoms. The van der Waals surface area contributed by atoms with Gasteiger partial charge in [0.1, 0.15) is 5.82 Å². The molecule has 4 rings (SSSR count). The number of nitrogens with zero attached hydrogens (tertiary/aromatic N) is 3. The van der Waals surface area contributed by atoms with E-state index in [1.54, 1.807) is 28.6 Å². The van der Waals surface area contributed by atoms with Crippen LogP contribution in [0, 0.1) is 0 Å². The van der Waals surface area contributed by atoms with Gasteiger partial charge in [-0.2, -0.15) is 4.31 Å². The lowest BCUT2D eigenvalue weighted by atomic mass is 10.1. The van der Waals surface area contributed by atoms with E-state index in [1.807, 2.05) is 36.7 Å². The predicted molar refractivity (Wildman–Crippen MR) is 130 cm³/mol. The second kappa shape index (κ2) is 9.83. The van der Waals surface area contributed by atoms with Crippen LogP contribution in [0.1, 0.15) is 50.0 Å². The Morgan fingerprint density at radius 3 is 2.64 bits per heavy atom. The van der Waals surface area contributed by atoms with Crippen molar-refractivity contribution in [1.29, 1.82) is 0 Å². The lowest BCUT2D eigenvalue weighted by Crippen LogP contribution is -2.35. The summed E-state index contributed by atoms with van der Waals surface area (Å²) < 4.78 is 29.5. The Balaban J connectivity index is 1.45. The van der Waals surface area contributed by atoms with E-state index in [9.17, 15) is 13.2 Å². The molecule has 1 amide bonds. The van der Waals surface area contributed by atoms with Crippen molar-refractivity contribution in [3.63, 3.8) is 0 Å². The van der Waals surface area contributed by atoms with Crippen molar-refractivity contribution in [2.45, 2.75) is 50.0 Å². The van der Waals surface area contributed by atoms with Crippen molar-refractivity contribution in [3.05, 3.63) is 58.9 Å². The third-order valence-electron chi connectivity index (χ3n) is 6.20. The van der Waals surface area contributed by atoms with Crippen LogP contribution in [0.4, 0.5) is 0 Å². The number of piperidine rings is 1. The lowest BCUT2D eigenvalue weighted by Gasteiger charge is -2.25. The molecular formula is C24H29ClN4O3S. The maximum atomic E-state index is 13.0. The smallest absolute Gasteiger partial charge is 0.243 e. The Kier molecular flexibility index (Phi) is 7.07. The van der Waals surface area contributed by atoms with E-state index in [2.05, 4.69) is 10.3 Å². The molecule has 1 N–H and O–H groups in total. The van der Waals surface area contributed by atoms with Gasteiger partial charge in [0, 0.05) is 38.0 Å². The number of hydrogen-bond donors (Lipinski definition) is 1. The summed E-state index contributed by atoms with van der Waals surface area (Å²) in [5, 5.41) is 3.63. The number of benzene rings is 2. The van der Waals surface area contributed by atoms with Crippen molar-refractivity contribution in [2.24, 2.45) is 7.05 Å². The molecule has 7 nitrogen and oxygen atoms in total. The zero-order valence-electron chi connectivity index (χ0n) is 18.9. The minimum Gasteiger partial charge on any atom is -0.350 e. The Bertz CT molecular complexity index is 1270. The molecule has 1 atom stereocenters. The van der Waals surface area contributed by atoms with E-state index < -0.39 is 10.0 Å². The Morgan fingerprint density at radius 1 is 1.15 bits per heavy atom. The minimum absolute atomic E-state index is 0.0807. The number of imidazole rings is 1. The van der Waals surface area contributed by atoms with Crippen LogP contribution in [-0.4, -0.2) is 41.3 Å². The Morgan fingerprint density at radius 2 is 1.91 bits per heavy atom. The first-order valence-electron chi connectivity index (χ1n) is 11.3. The molecule has 0 bridgehead atoms. The molecule has 1 aromatic heterocycles. The largest absolute Gasteiger partial charge is 0.350 e. The van der Waals surface area contributed by atoms with Gasteiger partial charge < -0.3 is 9.88 Å². The molecule has 2 heterocycles. The van der Waals surface area contributed by atoms with Crippen LogP contribution in [0.5, 0.6) is 0 Å². The molecule has 0 spiro atoms. The summed E-state index contributed by atoms with van der Waals surface area (Å²) >= 11 is 6.04. The van der Waals surface area contributed by atoms with Gasteiger partial charge in [-0.15, -0.1) is 0 Å². The van der Waals surface area contributed by atoms with Gasteiger partial charge in [-0.1, -0.05) is 30.2 Å². The van der Waals surface area contributed by atoms with Crippen LogP contribution in [0.3, 0.4) is 0 Å². The molecule has 0 aliphatic carbocycles. The van der Waals surface area contributed by atoms with Crippen molar-refractivity contribution >= 4 is 38.6 Å². The van der Waals surface area contributed by atoms with Crippen molar-refractivity contribution in [2.75, 3.05) is 13.1 Å². The summed E-state index contributed by atoms with van der Waals surface area (Å²) in [7, 11) is -1.63. The summed E-state index contributed by atoms with van der Waals surface area (Å²) in [4.78, 5) is 17.4. The molecule has 0 radical (unpaired) electrons. The van der Waals surface area contributed by atoms with Crippen LogP contribution < -0.4 is 5.32 Å². The molecule has 1 saturated heterocycles. The summed E-state index contributed by atoms with van der Waals surface area (Å²) in [6, 6.07) is 12.4. The zero-order chi connectivity index (χ0) is 23.6. The number of fused-ring (bicyclic) bond motifs is 1. The van der Waals surface area contributed by atoms with Crippen LogP contribution in [0.25, 0.3) is 11.0 Å². The maximum Gasteiger partial charge on any atom is 0.243 e. The summed E-state index contributed by atoms with van der Waals surface area (Å²) in [5.74, 6) is 0.658. The molecule has 1 aliphatic rings. The Labute approximate surface area is 199 Å². The number of sulfonamides is 1. The van der Waals surface area contributed by atoms with Gasteiger partial charge in [0.05, 0.1) is 22.0 Å². The molecule has 176 valence electrons. The van der Waals surface area contributed by atoms with Crippen LogP contribution in [0.2, 0.25) is 5.02 Å². The SMILES string of the molecule is CC(NC(=O)CCc1nc2cc(S(=O)(=O)N3CCCCC3)ccc2n1C)c1cccc(Cl)c1. The second-order valence-electron chi connectivity index (χ2n) is 8.55. The van der Waals surface area contributed by atoms with Crippen molar-refractivity contribution < 1.29 is 13.2 Å². The number of halogens is 1. The zero-order valence-corrected chi connectivity index (χ0v) is 20.5. The van der Waals surface area contributed by atoms with Gasteiger partial charge >= 0.3 is 0 Å². The van der Waals surface area contributed by atoms with Gasteiger partial charge in [-0.05, 0) is 55.7 Å². The fraction of sp³-hybridized carbons (Fsp3) is 0.417. The van der Waals surface area contributed by atoms with Crippen LogP contribution >= 0.6 is 11.6 Å². The van der Waals surface area contributed by atoms with Gasteiger partial charge in [0.2, 0.25) is 15.9 Å². The van der Waals surface area contributed by atoms with Gasteiger partial charge in [-0.3, -0.25) is 4.79 Å². The number of rotatable bonds is 7. The fourth-order valence-electron chi connectivity index (χ4n) is 4.27. The summed E-state index contributed by atoms with van der Waals surface area (Å²) in [5.41, 5.74) is 2.41. The maximum absolute atomic E-state index is 13.0. The summed E-state index contributed by atoms with van der Waals surface area (Å²) in [6.07, 6.45) is 3.59. The molecule has 3 aromatic rings. The van der Waals surface area contributed by atoms with Gasteiger partial charge in [0.15, 0.2) is 0 Å². The number of amides is 1. The quantitative estimate of drug-likeness (QED) is 0.540. The lowest BCUT2D eigenvalue weighted by molar-refractivity contribution is -0.121. The van der Waals surface area contributed by atoms with E-state index in [-0.39, 0.29) is 23.3 Å². The highest BCUT2D eigenvalue weighted by Crippen LogP contribution is 2.25. The third-order valence-corrected chi connectivity index (χ3v) is 8.33.